The van der Waals surface area contributed by atoms with Crippen LogP contribution in [-0.4, -0.2) is 40.0 Å². The van der Waals surface area contributed by atoms with E-state index in [2.05, 4.69) is 20.2 Å². The average Bonchev–Trinajstić information content (AvgIpc) is 3.33. The van der Waals surface area contributed by atoms with E-state index in [-0.39, 0.29) is 29.7 Å². The van der Waals surface area contributed by atoms with Gasteiger partial charge in [0.25, 0.3) is 5.56 Å². The van der Waals surface area contributed by atoms with Gasteiger partial charge in [-0.15, -0.1) is 0 Å². The molecule has 0 aliphatic carbocycles. The van der Waals surface area contributed by atoms with Gasteiger partial charge in [-0.3, -0.25) is 9.59 Å². The standard InChI is InChI=1S/C24H28ClN5O3/c1-4-18(31)14-33-21-12-16-11-17(7-8-20(16)30(15(2)3)23(21)32)27-22-19(25)13-26-24(28-22)29-9-5-6-10-29/h7-8,11-13,15H,4-6,9-10,14H2,1-3H3,(H,26,27,28). The number of benzene rings is 1. The van der Waals surface area contributed by atoms with E-state index in [0.29, 0.717) is 23.2 Å². The summed E-state index contributed by atoms with van der Waals surface area (Å²) in [5.41, 5.74) is 1.29. The Bertz CT molecular complexity index is 1230. The van der Waals surface area contributed by atoms with Crippen molar-refractivity contribution in [2.24, 2.45) is 0 Å². The van der Waals surface area contributed by atoms with Crippen molar-refractivity contribution in [2.45, 2.75) is 46.1 Å². The molecule has 1 aliphatic heterocycles. The van der Waals surface area contributed by atoms with Crippen molar-refractivity contribution in [2.75, 3.05) is 29.9 Å². The van der Waals surface area contributed by atoms with Gasteiger partial charge in [-0.25, -0.2) is 4.98 Å². The lowest BCUT2D eigenvalue weighted by Gasteiger charge is -2.18. The maximum atomic E-state index is 13.0. The van der Waals surface area contributed by atoms with Gasteiger partial charge in [-0.2, -0.15) is 4.98 Å². The molecule has 0 saturated carbocycles. The lowest BCUT2D eigenvalue weighted by molar-refractivity contribution is -0.120. The zero-order chi connectivity index (χ0) is 23.5. The number of ether oxygens (including phenoxy) is 1. The highest BCUT2D eigenvalue weighted by molar-refractivity contribution is 6.32. The number of Topliss-reactive ketones (excluding diaryl/α,β-unsaturated/α-hetero) is 1. The van der Waals surface area contributed by atoms with Gasteiger partial charge in [-0.1, -0.05) is 18.5 Å². The lowest BCUT2D eigenvalue weighted by Crippen LogP contribution is -2.25. The van der Waals surface area contributed by atoms with E-state index < -0.39 is 0 Å². The van der Waals surface area contributed by atoms with E-state index >= 15 is 0 Å². The molecule has 0 spiro atoms. The smallest absolute Gasteiger partial charge is 0.293 e. The second-order valence-corrected chi connectivity index (χ2v) is 8.82. The Balaban J connectivity index is 1.70. The fraction of sp³-hybridized carbons (Fsp3) is 0.417. The van der Waals surface area contributed by atoms with Crippen LogP contribution in [0.4, 0.5) is 17.5 Å². The summed E-state index contributed by atoms with van der Waals surface area (Å²) in [4.78, 5) is 35.8. The number of ketones is 1. The SMILES string of the molecule is CCC(=O)COc1cc2cc(Nc3nc(N4CCCC4)ncc3Cl)ccc2n(C(C)C)c1=O. The third-order valence-electron chi connectivity index (χ3n) is 5.69. The first-order chi connectivity index (χ1) is 15.9. The topological polar surface area (TPSA) is 89.3 Å². The Kier molecular flexibility index (Phi) is 6.83. The summed E-state index contributed by atoms with van der Waals surface area (Å²) < 4.78 is 7.26. The number of pyridine rings is 1. The highest BCUT2D eigenvalue weighted by Gasteiger charge is 2.18. The van der Waals surface area contributed by atoms with E-state index in [1.54, 1.807) is 23.8 Å². The van der Waals surface area contributed by atoms with Crippen LogP contribution >= 0.6 is 11.6 Å². The number of carbonyl (C=O) groups excluding carboxylic acids is 1. The van der Waals surface area contributed by atoms with Crippen LogP contribution in [0.15, 0.2) is 35.3 Å². The van der Waals surface area contributed by atoms with Crippen LogP contribution in [0.5, 0.6) is 5.75 Å². The maximum Gasteiger partial charge on any atom is 0.293 e. The van der Waals surface area contributed by atoms with Crippen molar-refractivity contribution in [1.29, 1.82) is 0 Å². The van der Waals surface area contributed by atoms with E-state index in [9.17, 15) is 9.59 Å². The van der Waals surface area contributed by atoms with E-state index in [1.165, 1.54) is 0 Å². The number of carbonyl (C=O) groups is 1. The Hall–Kier alpha value is -3.13. The van der Waals surface area contributed by atoms with Crippen LogP contribution in [0.3, 0.4) is 0 Å². The first kappa shape index (κ1) is 23.0. The molecule has 0 unspecified atom stereocenters. The minimum absolute atomic E-state index is 0.0618. The molecule has 3 aromatic rings. The number of halogens is 1. The third kappa shape index (κ3) is 4.95. The van der Waals surface area contributed by atoms with Crippen molar-refractivity contribution in [3.05, 3.63) is 45.8 Å². The summed E-state index contributed by atoms with van der Waals surface area (Å²) in [5.74, 6) is 1.28. The van der Waals surface area contributed by atoms with Gasteiger partial charge in [-0.05, 0) is 51.0 Å². The lowest BCUT2D eigenvalue weighted by atomic mass is 10.1. The van der Waals surface area contributed by atoms with Gasteiger partial charge in [0.2, 0.25) is 5.95 Å². The predicted molar refractivity (Wildman–Crippen MR) is 131 cm³/mol. The van der Waals surface area contributed by atoms with Crippen LogP contribution in [0.1, 0.15) is 46.1 Å². The van der Waals surface area contributed by atoms with Crippen LogP contribution in [0.2, 0.25) is 5.02 Å². The number of anilines is 3. The number of fused-ring (bicyclic) bond motifs is 1. The molecule has 0 atom stereocenters. The van der Waals surface area contributed by atoms with Crippen molar-refractivity contribution < 1.29 is 9.53 Å². The van der Waals surface area contributed by atoms with Gasteiger partial charge in [0, 0.05) is 36.6 Å². The Morgan fingerprint density at radius 1 is 1.24 bits per heavy atom. The van der Waals surface area contributed by atoms with Crippen LogP contribution in [0, 0.1) is 0 Å². The molecule has 1 aliphatic rings. The molecule has 0 amide bonds. The van der Waals surface area contributed by atoms with Crippen LogP contribution < -0.4 is 20.5 Å². The molecule has 1 saturated heterocycles. The maximum absolute atomic E-state index is 13.0. The van der Waals surface area contributed by atoms with E-state index in [0.717, 1.165) is 42.5 Å². The van der Waals surface area contributed by atoms with Gasteiger partial charge in [0.05, 0.1) is 11.7 Å². The minimum Gasteiger partial charge on any atom is -0.480 e. The molecule has 1 N–H and O–H groups in total. The molecular formula is C24H28ClN5O3. The quantitative estimate of drug-likeness (QED) is 0.510. The number of hydrogen-bond donors (Lipinski definition) is 1. The van der Waals surface area contributed by atoms with Gasteiger partial charge in [0.1, 0.15) is 11.6 Å². The fourth-order valence-electron chi connectivity index (χ4n) is 3.93. The molecular weight excluding hydrogens is 442 g/mol. The number of nitrogens with zero attached hydrogens (tertiary/aromatic N) is 4. The highest BCUT2D eigenvalue weighted by Crippen LogP contribution is 2.29. The first-order valence-electron chi connectivity index (χ1n) is 11.3. The molecule has 0 bridgehead atoms. The summed E-state index contributed by atoms with van der Waals surface area (Å²) in [7, 11) is 0. The third-order valence-corrected chi connectivity index (χ3v) is 5.96. The second kappa shape index (κ2) is 9.79. The normalized spacial score (nSPS) is 13.7. The van der Waals surface area contributed by atoms with Crippen molar-refractivity contribution in [3.63, 3.8) is 0 Å². The molecule has 0 radical (unpaired) electrons. The highest BCUT2D eigenvalue weighted by atomic mass is 35.5. The van der Waals surface area contributed by atoms with Crippen LogP contribution in [0.25, 0.3) is 10.9 Å². The largest absolute Gasteiger partial charge is 0.480 e. The molecule has 9 heteroatoms. The van der Waals surface area contributed by atoms with Crippen molar-refractivity contribution in [3.8, 4) is 5.75 Å². The predicted octanol–water partition coefficient (Wildman–Crippen LogP) is 4.73. The Labute approximate surface area is 197 Å². The number of aromatic nitrogens is 3. The molecule has 4 rings (SSSR count). The van der Waals surface area contributed by atoms with Crippen molar-refractivity contribution >= 4 is 45.7 Å². The summed E-state index contributed by atoms with van der Waals surface area (Å²) in [6.07, 6.45) is 4.23. The van der Waals surface area contributed by atoms with E-state index in [4.69, 9.17) is 16.3 Å². The molecule has 3 heterocycles. The summed E-state index contributed by atoms with van der Waals surface area (Å²) in [5, 5.41) is 4.50. The Morgan fingerprint density at radius 3 is 2.70 bits per heavy atom. The van der Waals surface area contributed by atoms with Crippen molar-refractivity contribution in [1.82, 2.24) is 14.5 Å². The minimum atomic E-state index is -0.254. The molecule has 33 heavy (non-hydrogen) atoms. The average molecular weight is 470 g/mol. The molecule has 1 fully saturated rings. The Morgan fingerprint density at radius 2 is 2.00 bits per heavy atom. The second-order valence-electron chi connectivity index (χ2n) is 8.42. The van der Waals surface area contributed by atoms with Gasteiger partial charge in [0.15, 0.2) is 17.4 Å². The zero-order valence-electron chi connectivity index (χ0n) is 19.1. The monoisotopic (exact) mass is 469 g/mol. The molecule has 1 aromatic carbocycles. The molecule has 174 valence electrons. The zero-order valence-corrected chi connectivity index (χ0v) is 19.9. The fourth-order valence-corrected chi connectivity index (χ4v) is 4.06. The van der Waals surface area contributed by atoms with Crippen LogP contribution in [-0.2, 0) is 4.79 Å². The van der Waals surface area contributed by atoms with E-state index in [1.807, 2.05) is 32.0 Å². The number of rotatable bonds is 8. The molecule has 8 nitrogen and oxygen atoms in total. The summed E-state index contributed by atoms with van der Waals surface area (Å²) in [6.45, 7) is 7.40. The van der Waals surface area contributed by atoms with Gasteiger partial charge < -0.3 is 19.5 Å². The molecule has 2 aromatic heterocycles. The summed E-state index contributed by atoms with van der Waals surface area (Å²) in [6, 6.07) is 7.29. The first-order valence-corrected chi connectivity index (χ1v) is 11.6. The number of nitrogens with one attached hydrogen (secondary N) is 1. The van der Waals surface area contributed by atoms with Gasteiger partial charge >= 0.3 is 0 Å². The summed E-state index contributed by atoms with van der Waals surface area (Å²) >= 11 is 6.37. The number of hydrogen-bond acceptors (Lipinski definition) is 7.